The molecule has 6 rings (SSSR count). The number of halogens is 2. The predicted molar refractivity (Wildman–Crippen MR) is 171 cm³/mol. The Labute approximate surface area is 278 Å². The SMILES string of the molecule is CCc1cc2c(-c3ccccn3)ccc(C)c2[cH-]1.CCc1cc2c(-c3ccccn3)ccc(C)c2[cH-]1.C[Si](C)=[Zr+2].[Cl-].[Cl-]. The minimum absolute atomic E-state index is 0. The van der Waals surface area contributed by atoms with Crippen LogP contribution in [0.3, 0.4) is 0 Å². The summed E-state index contributed by atoms with van der Waals surface area (Å²) in [6, 6.07) is 30.1. The van der Waals surface area contributed by atoms with Gasteiger partial charge in [-0.2, -0.15) is 12.1 Å². The van der Waals surface area contributed by atoms with E-state index in [9.17, 15) is 0 Å². The topological polar surface area (TPSA) is 25.8 Å². The second-order valence-electron chi connectivity index (χ2n) is 10.4. The molecule has 6 heteroatoms. The Hall–Kier alpha value is -2.36. The Morgan fingerprint density at radius 1 is 0.643 bits per heavy atom. The fourth-order valence-corrected chi connectivity index (χ4v) is 4.91. The molecule has 216 valence electrons. The van der Waals surface area contributed by atoms with Gasteiger partial charge < -0.3 is 24.8 Å². The van der Waals surface area contributed by atoms with Crippen molar-refractivity contribution >= 4 is 27.0 Å². The van der Waals surface area contributed by atoms with E-state index in [1.807, 2.05) is 36.7 Å². The molecule has 0 spiro atoms. The van der Waals surface area contributed by atoms with E-state index in [0.29, 0.717) is 0 Å². The number of aromatic nitrogens is 2. The molecule has 0 aliphatic rings. The maximum absolute atomic E-state index is 4.46. The molecule has 0 aliphatic carbocycles. The van der Waals surface area contributed by atoms with Crippen molar-refractivity contribution in [2.24, 2.45) is 0 Å². The van der Waals surface area contributed by atoms with Crippen molar-refractivity contribution in [3.05, 3.63) is 120 Å². The smallest absolute Gasteiger partial charge is 1.00 e. The van der Waals surface area contributed by atoms with Crippen LogP contribution in [0.2, 0.25) is 13.1 Å². The van der Waals surface area contributed by atoms with Crippen LogP contribution in [0.5, 0.6) is 0 Å². The van der Waals surface area contributed by atoms with Crippen LogP contribution in [0, 0.1) is 13.8 Å². The van der Waals surface area contributed by atoms with Crippen LogP contribution in [0.15, 0.2) is 97.3 Å². The van der Waals surface area contributed by atoms with Gasteiger partial charge in [0.05, 0.1) is 11.4 Å². The fraction of sp³-hybridized carbons (Fsp3) is 0.222. The third-order valence-corrected chi connectivity index (χ3v) is 7.03. The van der Waals surface area contributed by atoms with Gasteiger partial charge in [0, 0.05) is 12.4 Å². The third kappa shape index (κ3) is 8.83. The first-order chi connectivity index (χ1) is 19.3. The summed E-state index contributed by atoms with van der Waals surface area (Å²) < 4.78 is 0. The first kappa shape index (κ1) is 35.8. The molecule has 0 saturated heterocycles. The monoisotopic (exact) mass is 686 g/mol. The van der Waals surface area contributed by atoms with Crippen molar-refractivity contribution in [2.75, 3.05) is 0 Å². The van der Waals surface area contributed by atoms with Crippen LogP contribution in [0.4, 0.5) is 0 Å². The van der Waals surface area contributed by atoms with E-state index in [-0.39, 0.29) is 30.2 Å². The molecule has 4 aromatic carbocycles. The largest absolute Gasteiger partial charge is 1.00 e. The summed E-state index contributed by atoms with van der Waals surface area (Å²) in [7, 11) is 0. The molecular weight excluding hydrogens is 651 g/mol. The van der Waals surface area contributed by atoms with Crippen LogP contribution < -0.4 is 24.8 Å². The van der Waals surface area contributed by atoms with E-state index in [4.69, 9.17) is 0 Å². The summed E-state index contributed by atoms with van der Waals surface area (Å²) in [6.07, 6.45) is 5.86. The number of fused-ring (bicyclic) bond motifs is 2. The molecule has 0 bridgehead atoms. The Kier molecular flexibility index (Phi) is 14.6. The van der Waals surface area contributed by atoms with Crippen LogP contribution >= 0.6 is 0 Å². The van der Waals surface area contributed by atoms with E-state index in [2.05, 4.69) is 111 Å². The molecule has 0 N–H and O–H groups in total. The Bertz CT molecular complexity index is 1600. The quantitative estimate of drug-likeness (QED) is 0.208. The first-order valence-corrected chi connectivity index (χ1v) is 20.2. The third-order valence-electron chi connectivity index (χ3n) is 7.03. The minimum Gasteiger partial charge on any atom is -1.00 e. The first-order valence-electron chi connectivity index (χ1n) is 14.0. The summed E-state index contributed by atoms with van der Waals surface area (Å²) in [5, 5.41) is 5.36. The number of rotatable bonds is 4. The van der Waals surface area contributed by atoms with Gasteiger partial charge in [-0.05, 0) is 48.2 Å². The summed E-state index contributed by atoms with van der Waals surface area (Å²) in [5.41, 5.74) is 10.3. The van der Waals surface area contributed by atoms with Gasteiger partial charge in [-0.25, -0.2) is 0 Å². The number of benzene rings is 2. The molecule has 0 unspecified atom stereocenters. The molecular formula is C36H38Cl2N2SiZr-2. The van der Waals surface area contributed by atoms with Gasteiger partial charge in [0.2, 0.25) is 0 Å². The molecule has 0 aliphatic heterocycles. The predicted octanol–water partition coefficient (Wildman–Crippen LogP) is 3.78. The molecule has 2 nitrogen and oxygen atoms in total. The maximum atomic E-state index is 4.46. The van der Waals surface area contributed by atoms with Crippen molar-refractivity contribution in [3.63, 3.8) is 0 Å². The molecule has 0 radical (unpaired) electrons. The van der Waals surface area contributed by atoms with E-state index in [1.54, 1.807) is 23.3 Å². The average molecular weight is 689 g/mol. The summed E-state index contributed by atoms with van der Waals surface area (Å²) in [6.45, 7) is 13.4. The van der Waals surface area contributed by atoms with Gasteiger partial charge in [-0.1, -0.05) is 52.0 Å². The van der Waals surface area contributed by atoms with E-state index < -0.39 is 0 Å². The van der Waals surface area contributed by atoms with E-state index in [0.717, 1.165) is 24.2 Å². The molecule has 0 saturated carbocycles. The summed E-state index contributed by atoms with van der Waals surface area (Å²) >= 11 is 1.74. The van der Waals surface area contributed by atoms with Crippen LogP contribution in [-0.2, 0) is 36.2 Å². The van der Waals surface area contributed by atoms with Crippen LogP contribution in [0.25, 0.3) is 44.1 Å². The van der Waals surface area contributed by atoms with E-state index >= 15 is 0 Å². The van der Waals surface area contributed by atoms with Crippen molar-refractivity contribution in [2.45, 2.75) is 53.6 Å². The second-order valence-corrected chi connectivity index (χ2v) is 19.8. The van der Waals surface area contributed by atoms with Crippen molar-refractivity contribution in [3.8, 4) is 22.5 Å². The van der Waals surface area contributed by atoms with Crippen molar-refractivity contribution in [1.29, 1.82) is 0 Å². The zero-order chi connectivity index (χ0) is 28.6. The van der Waals surface area contributed by atoms with Crippen LogP contribution in [0.1, 0.15) is 36.1 Å². The van der Waals surface area contributed by atoms with Gasteiger partial charge >= 0.3 is 41.9 Å². The Balaban J connectivity index is 0.000000250. The summed E-state index contributed by atoms with van der Waals surface area (Å²) in [4.78, 5) is 8.93. The van der Waals surface area contributed by atoms with Crippen molar-refractivity contribution < 1.29 is 48.1 Å². The van der Waals surface area contributed by atoms with Gasteiger partial charge in [0.1, 0.15) is 0 Å². The minimum atomic E-state index is 0. The zero-order valence-electron chi connectivity index (χ0n) is 25.3. The maximum Gasteiger partial charge on any atom is -1.00 e. The van der Waals surface area contributed by atoms with Crippen molar-refractivity contribution in [1.82, 2.24) is 9.97 Å². The van der Waals surface area contributed by atoms with Gasteiger partial charge in [0.25, 0.3) is 0 Å². The second kappa shape index (κ2) is 17.1. The number of aryl methyl sites for hydroxylation is 4. The van der Waals surface area contributed by atoms with E-state index in [1.165, 1.54) is 54.9 Å². The Morgan fingerprint density at radius 2 is 1.02 bits per heavy atom. The number of pyridine rings is 2. The molecule has 2 aromatic heterocycles. The number of hydrogen-bond acceptors (Lipinski definition) is 2. The van der Waals surface area contributed by atoms with Crippen LogP contribution in [-0.4, -0.2) is 15.4 Å². The number of hydrogen-bond donors (Lipinski definition) is 0. The number of nitrogens with zero attached hydrogens (tertiary/aromatic N) is 2. The molecule has 0 fully saturated rings. The molecule has 6 aromatic rings. The standard InChI is InChI=1S/2C17H16N.C2H6Si.2ClH.Zr/c2*1-3-13-10-15-12(2)7-8-14(16(15)11-13)17-6-4-5-9-18-17;1-3-2;;;/h2*4-11H,3H2,1-2H3;1-2H3;2*1H;/q2*-1;;;;+2/p-2. The van der Waals surface area contributed by atoms with Gasteiger partial charge in [-0.3, -0.25) is 9.97 Å². The summed E-state index contributed by atoms with van der Waals surface area (Å²) in [5.74, 6) is 0. The average Bonchev–Trinajstić information content (AvgIpc) is 3.61. The van der Waals surface area contributed by atoms with Gasteiger partial charge in [-0.15, -0.1) is 68.1 Å². The molecule has 0 atom stereocenters. The normalized spacial score (nSPS) is 10.1. The molecule has 0 amide bonds. The fourth-order valence-electron chi connectivity index (χ4n) is 4.91. The zero-order valence-corrected chi connectivity index (χ0v) is 30.3. The molecule has 42 heavy (non-hydrogen) atoms. The van der Waals surface area contributed by atoms with Gasteiger partial charge in [0.15, 0.2) is 0 Å². The molecule has 2 heterocycles. The Morgan fingerprint density at radius 3 is 1.33 bits per heavy atom.